The van der Waals surface area contributed by atoms with Crippen molar-refractivity contribution in [3.8, 4) is 16.9 Å². The topological polar surface area (TPSA) is 44.8 Å². The van der Waals surface area contributed by atoms with Crippen molar-refractivity contribution in [2.45, 2.75) is 30.9 Å². The van der Waals surface area contributed by atoms with Crippen molar-refractivity contribution < 1.29 is 22.7 Å². The van der Waals surface area contributed by atoms with Crippen LogP contribution in [0.2, 0.25) is 0 Å². The maximum absolute atomic E-state index is 13.6. The van der Waals surface area contributed by atoms with Crippen LogP contribution in [0.5, 0.6) is 5.75 Å². The van der Waals surface area contributed by atoms with Crippen LogP contribution in [0.1, 0.15) is 30.4 Å². The third-order valence-electron chi connectivity index (χ3n) is 7.99. The molecule has 3 aromatic carbocycles. The van der Waals surface area contributed by atoms with Gasteiger partial charge in [0.05, 0.1) is 7.11 Å². The zero-order valence-corrected chi connectivity index (χ0v) is 22.1. The molecule has 0 aromatic heterocycles. The Balaban J connectivity index is 1.25. The average molecular weight is 538 g/mol. The van der Waals surface area contributed by atoms with Gasteiger partial charge in [0.2, 0.25) is 5.91 Å². The van der Waals surface area contributed by atoms with Gasteiger partial charge in [-0.3, -0.25) is 9.69 Å². The number of nitrogens with zero attached hydrogens (tertiary/aromatic N) is 2. The van der Waals surface area contributed by atoms with Gasteiger partial charge >= 0.3 is 6.18 Å². The summed E-state index contributed by atoms with van der Waals surface area (Å²) in [6.45, 7) is 3.29. The van der Waals surface area contributed by atoms with Gasteiger partial charge in [-0.25, -0.2) is 0 Å². The number of unbranched alkanes of at least 4 members (excludes halogenated alkanes) is 1. The Morgan fingerprint density at radius 3 is 2.03 bits per heavy atom. The summed E-state index contributed by atoms with van der Waals surface area (Å²) >= 11 is 0. The second-order valence-electron chi connectivity index (χ2n) is 10.3. The van der Waals surface area contributed by atoms with E-state index in [1.807, 2.05) is 60.7 Å². The Hall–Kier alpha value is -3.52. The van der Waals surface area contributed by atoms with E-state index in [0.29, 0.717) is 6.42 Å². The molecule has 3 aromatic rings. The van der Waals surface area contributed by atoms with Crippen LogP contribution in [-0.4, -0.2) is 63.4 Å². The molecule has 5 rings (SSSR count). The highest BCUT2D eigenvalue weighted by molar-refractivity contribution is 6.00. The molecular formula is C31H34F3N3O2. The molecule has 2 aliphatic rings. The Bertz CT molecular complexity index is 1240. The minimum absolute atomic E-state index is 0.455. The van der Waals surface area contributed by atoms with Crippen LogP contribution in [-0.2, 0) is 10.2 Å². The Morgan fingerprint density at radius 2 is 1.46 bits per heavy atom. The van der Waals surface area contributed by atoms with E-state index in [-0.39, 0.29) is 0 Å². The van der Waals surface area contributed by atoms with Crippen LogP contribution in [0.25, 0.3) is 11.1 Å². The first-order chi connectivity index (χ1) is 18.8. The number of halogens is 3. The van der Waals surface area contributed by atoms with E-state index < -0.39 is 24.0 Å². The van der Waals surface area contributed by atoms with Crippen molar-refractivity contribution in [3.63, 3.8) is 0 Å². The molecule has 0 atom stereocenters. The van der Waals surface area contributed by atoms with Crippen LogP contribution in [0.15, 0.2) is 72.8 Å². The van der Waals surface area contributed by atoms with Gasteiger partial charge in [-0.05, 0) is 65.9 Å². The third kappa shape index (κ3) is 5.62. The number of nitrogens with one attached hydrogen (secondary N) is 1. The quantitative estimate of drug-likeness (QED) is 0.359. The third-order valence-corrected chi connectivity index (χ3v) is 7.99. The molecule has 206 valence electrons. The summed E-state index contributed by atoms with van der Waals surface area (Å²) in [5, 5.41) is 2.22. The lowest BCUT2D eigenvalue weighted by Crippen LogP contribution is -2.47. The fraction of sp³-hybridized carbons (Fsp3) is 0.387. The number of benzene rings is 3. The predicted octanol–water partition coefficient (Wildman–Crippen LogP) is 5.63. The summed E-state index contributed by atoms with van der Waals surface area (Å²) in [5.41, 5.74) is 3.47. The van der Waals surface area contributed by atoms with Crippen molar-refractivity contribution in [3.05, 3.63) is 83.9 Å². The number of piperazine rings is 1. The minimum Gasteiger partial charge on any atom is -0.497 e. The monoisotopic (exact) mass is 537 g/mol. The number of carbonyl (C=O) groups excluding carboxylic acids is 1. The zero-order valence-electron chi connectivity index (χ0n) is 22.1. The second kappa shape index (κ2) is 11.3. The number of ether oxygens (including phenoxy) is 1. The van der Waals surface area contributed by atoms with Gasteiger partial charge in [-0.15, -0.1) is 0 Å². The lowest BCUT2D eigenvalue weighted by molar-refractivity contribution is -0.141. The number of methoxy groups -OCH3 is 1. The van der Waals surface area contributed by atoms with Crippen molar-refractivity contribution in [1.82, 2.24) is 10.2 Å². The first kappa shape index (κ1) is 27.1. The van der Waals surface area contributed by atoms with Crippen molar-refractivity contribution >= 4 is 11.6 Å². The number of hydrogen-bond acceptors (Lipinski definition) is 4. The summed E-state index contributed by atoms with van der Waals surface area (Å²) < 4.78 is 44.5. The fourth-order valence-corrected chi connectivity index (χ4v) is 6.03. The van der Waals surface area contributed by atoms with Crippen LogP contribution in [0.3, 0.4) is 0 Å². The number of hydrogen-bond donors (Lipinski definition) is 1. The number of fused-ring (bicyclic) bond motifs is 3. The lowest BCUT2D eigenvalue weighted by Gasteiger charge is -2.36. The standard InChI is InChI=1S/C31H34F3N3O2/c1-39-24-14-12-23(13-15-24)37-20-18-36(19-21-37)17-7-6-16-30(29(38)35-22-31(32,33)34)27-10-4-2-8-25(27)26-9-3-5-11-28(26)30/h2-5,8-15H,6-7,16-22H2,1H3,(H,35,38). The average Bonchev–Trinajstić information content (AvgIpc) is 3.25. The van der Waals surface area contributed by atoms with Gasteiger partial charge in [-0.2, -0.15) is 13.2 Å². The first-order valence-corrected chi connectivity index (χ1v) is 13.5. The number of alkyl halides is 3. The lowest BCUT2D eigenvalue weighted by atomic mass is 9.73. The molecule has 1 saturated heterocycles. The fourth-order valence-electron chi connectivity index (χ4n) is 6.03. The Labute approximate surface area is 227 Å². The van der Waals surface area contributed by atoms with E-state index in [1.54, 1.807) is 7.11 Å². The van der Waals surface area contributed by atoms with Crippen LogP contribution >= 0.6 is 0 Å². The highest BCUT2D eigenvalue weighted by atomic mass is 19.4. The summed E-state index contributed by atoms with van der Waals surface area (Å²) in [6, 6.07) is 23.3. The van der Waals surface area contributed by atoms with Gasteiger partial charge in [0, 0.05) is 31.9 Å². The largest absolute Gasteiger partial charge is 0.497 e. The number of anilines is 1. The van der Waals surface area contributed by atoms with E-state index in [2.05, 4.69) is 27.2 Å². The molecule has 0 saturated carbocycles. The summed E-state index contributed by atoms with van der Waals surface area (Å²) in [4.78, 5) is 18.4. The van der Waals surface area contributed by atoms with E-state index >= 15 is 0 Å². The summed E-state index contributed by atoms with van der Waals surface area (Å²) in [7, 11) is 1.66. The molecule has 1 heterocycles. The van der Waals surface area contributed by atoms with Gasteiger partial charge in [0.25, 0.3) is 0 Å². The van der Waals surface area contributed by atoms with Crippen LogP contribution in [0, 0.1) is 0 Å². The first-order valence-electron chi connectivity index (χ1n) is 13.5. The molecule has 0 bridgehead atoms. The van der Waals surface area contributed by atoms with Crippen LogP contribution < -0.4 is 15.0 Å². The molecular weight excluding hydrogens is 503 g/mol. The van der Waals surface area contributed by atoms with E-state index in [1.165, 1.54) is 5.69 Å². The molecule has 39 heavy (non-hydrogen) atoms. The predicted molar refractivity (Wildman–Crippen MR) is 147 cm³/mol. The molecule has 5 nitrogen and oxygen atoms in total. The smallest absolute Gasteiger partial charge is 0.405 e. The van der Waals surface area contributed by atoms with Gasteiger partial charge < -0.3 is 15.0 Å². The molecule has 0 unspecified atom stereocenters. The minimum atomic E-state index is -4.47. The normalized spacial score (nSPS) is 16.5. The number of rotatable bonds is 9. The molecule has 1 fully saturated rings. The van der Waals surface area contributed by atoms with E-state index in [0.717, 1.165) is 73.6 Å². The summed E-state index contributed by atoms with van der Waals surface area (Å²) in [5.74, 6) is 0.264. The van der Waals surface area contributed by atoms with Gasteiger partial charge in [0.15, 0.2) is 0 Å². The Kier molecular flexibility index (Phi) is 7.84. The molecule has 8 heteroatoms. The molecule has 1 aliphatic carbocycles. The highest BCUT2D eigenvalue weighted by Crippen LogP contribution is 2.51. The Morgan fingerprint density at radius 1 is 0.872 bits per heavy atom. The highest BCUT2D eigenvalue weighted by Gasteiger charge is 2.49. The van der Waals surface area contributed by atoms with E-state index in [9.17, 15) is 18.0 Å². The van der Waals surface area contributed by atoms with Crippen LogP contribution in [0.4, 0.5) is 18.9 Å². The van der Waals surface area contributed by atoms with Crippen molar-refractivity contribution in [2.75, 3.05) is 51.3 Å². The van der Waals surface area contributed by atoms with Gasteiger partial charge in [0.1, 0.15) is 17.7 Å². The van der Waals surface area contributed by atoms with E-state index in [4.69, 9.17) is 4.74 Å². The maximum atomic E-state index is 13.6. The second-order valence-corrected chi connectivity index (χ2v) is 10.3. The molecule has 1 N–H and O–H groups in total. The molecule has 0 radical (unpaired) electrons. The summed E-state index contributed by atoms with van der Waals surface area (Å²) in [6.07, 6.45) is -2.43. The van der Waals surface area contributed by atoms with Crippen molar-refractivity contribution in [2.24, 2.45) is 0 Å². The number of amides is 1. The zero-order chi connectivity index (χ0) is 27.5. The molecule has 1 aliphatic heterocycles. The molecule has 0 spiro atoms. The van der Waals surface area contributed by atoms with Gasteiger partial charge in [-0.1, -0.05) is 55.0 Å². The SMILES string of the molecule is COc1ccc(N2CCN(CCCCC3(C(=O)NCC(F)(F)F)c4ccccc4-c4ccccc43)CC2)cc1. The van der Waals surface area contributed by atoms with Crippen molar-refractivity contribution in [1.29, 1.82) is 0 Å². The molecule has 1 amide bonds. The number of carbonyl (C=O) groups is 1. The maximum Gasteiger partial charge on any atom is 0.405 e.